The predicted octanol–water partition coefficient (Wildman–Crippen LogP) is 4.74. The van der Waals surface area contributed by atoms with Crippen LogP contribution in [0.15, 0.2) is 60.8 Å². The summed E-state index contributed by atoms with van der Waals surface area (Å²) in [6.07, 6.45) is 1.86. The number of pyridine rings is 1. The van der Waals surface area contributed by atoms with E-state index in [1.807, 2.05) is 42.6 Å². The van der Waals surface area contributed by atoms with Gasteiger partial charge in [-0.1, -0.05) is 48.0 Å². The van der Waals surface area contributed by atoms with E-state index in [-0.39, 0.29) is 6.04 Å². The average molecular weight is 297 g/mol. The summed E-state index contributed by atoms with van der Waals surface area (Å²) in [6.45, 7) is 2.92. The van der Waals surface area contributed by atoms with E-state index < -0.39 is 0 Å². The van der Waals surface area contributed by atoms with Gasteiger partial charge < -0.3 is 5.32 Å². The van der Waals surface area contributed by atoms with Gasteiger partial charge in [-0.3, -0.25) is 4.98 Å². The highest BCUT2D eigenvalue weighted by atomic mass is 35.5. The highest BCUT2D eigenvalue weighted by molar-refractivity contribution is 6.31. The minimum Gasteiger partial charge on any atom is -0.306 e. The molecular weight excluding hydrogens is 280 g/mol. The molecule has 3 rings (SSSR count). The molecule has 0 fully saturated rings. The summed E-state index contributed by atoms with van der Waals surface area (Å²) in [5, 5.41) is 5.53. The highest BCUT2D eigenvalue weighted by Gasteiger charge is 2.09. The molecule has 106 valence electrons. The van der Waals surface area contributed by atoms with Crippen LogP contribution in [0.2, 0.25) is 5.02 Å². The van der Waals surface area contributed by atoms with Crippen LogP contribution in [0.3, 0.4) is 0 Å². The van der Waals surface area contributed by atoms with Crippen molar-refractivity contribution in [3.63, 3.8) is 0 Å². The number of aromatic nitrogens is 1. The molecule has 3 heteroatoms. The third-order valence-electron chi connectivity index (χ3n) is 3.71. The molecule has 1 aromatic heterocycles. The Morgan fingerprint density at radius 3 is 2.67 bits per heavy atom. The summed E-state index contributed by atoms with van der Waals surface area (Å²) >= 11 is 6.25. The molecule has 0 saturated carbocycles. The van der Waals surface area contributed by atoms with Gasteiger partial charge in [0.05, 0.1) is 5.52 Å². The molecule has 2 nitrogen and oxygen atoms in total. The van der Waals surface area contributed by atoms with E-state index in [0.717, 1.165) is 22.6 Å². The van der Waals surface area contributed by atoms with Gasteiger partial charge in [-0.25, -0.2) is 0 Å². The number of rotatable bonds is 4. The lowest BCUT2D eigenvalue weighted by atomic mass is 10.1. The van der Waals surface area contributed by atoms with Crippen molar-refractivity contribution in [3.8, 4) is 0 Å². The maximum atomic E-state index is 6.25. The van der Waals surface area contributed by atoms with Gasteiger partial charge in [-0.2, -0.15) is 0 Å². The number of nitrogens with zero attached hydrogens (tertiary/aromatic N) is 1. The molecule has 0 saturated heterocycles. The quantitative estimate of drug-likeness (QED) is 0.752. The number of fused-ring (bicyclic) bond motifs is 1. The first-order valence-corrected chi connectivity index (χ1v) is 7.44. The van der Waals surface area contributed by atoms with Gasteiger partial charge in [0.2, 0.25) is 0 Å². The third-order valence-corrected chi connectivity index (χ3v) is 4.05. The van der Waals surface area contributed by atoms with Crippen LogP contribution < -0.4 is 5.32 Å². The van der Waals surface area contributed by atoms with E-state index in [9.17, 15) is 0 Å². The maximum Gasteiger partial charge on any atom is 0.0705 e. The van der Waals surface area contributed by atoms with Crippen LogP contribution in [-0.4, -0.2) is 4.98 Å². The molecule has 0 aliphatic heterocycles. The van der Waals surface area contributed by atoms with Crippen LogP contribution in [0.4, 0.5) is 0 Å². The van der Waals surface area contributed by atoms with E-state index in [2.05, 4.69) is 35.4 Å². The van der Waals surface area contributed by atoms with Crippen molar-refractivity contribution in [1.82, 2.24) is 10.3 Å². The van der Waals surface area contributed by atoms with Crippen LogP contribution in [-0.2, 0) is 6.54 Å². The summed E-state index contributed by atoms with van der Waals surface area (Å²) in [6, 6.07) is 18.4. The number of hydrogen-bond acceptors (Lipinski definition) is 2. The van der Waals surface area contributed by atoms with Crippen LogP contribution >= 0.6 is 11.6 Å². The van der Waals surface area contributed by atoms with Crippen molar-refractivity contribution in [2.24, 2.45) is 0 Å². The van der Waals surface area contributed by atoms with Crippen LogP contribution in [0.25, 0.3) is 10.9 Å². The van der Waals surface area contributed by atoms with Gasteiger partial charge in [0, 0.05) is 29.2 Å². The van der Waals surface area contributed by atoms with Gasteiger partial charge >= 0.3 is 0 Å². The van der Waals surface area contributed by atoms with Crippen molar-refractivity contribution in [1.29, 1.82) is 0 Å². The van der Waals surface area contributed by atoms with Crippen molar-refractivity contribution in [2.75, 3.05) is 0 Å². The Hall–Kier alpha value is -1.90. The molecule has 1 N–H and O–H groups in total. The molecule has 2 aromatic carbocycles. The molecular formula is C18H17ClN2. The largest absolute Gasteiger partial charge is 0.306 e. The number of para-hydroxylation sites is 1. The molecule has 0 radical (unpaired) electrons. The summed E-state index contributed by atoms with van der Waals surface area (Å²) < 4.78 is 0. The average Bonchev–Trinajstić information content (AvgIpc) is 2.53. The Morgan fingerprint density at radius 1 is 1.05 bits per heavy atom. The molecule has 0 unspecified atom stereocenters. The Morgan fingerprint density at radius 2 is 1.81 bits per heavy atom. The fourth-order valence-corrected chi connectivity index (χ4v) is 2.81. The van der Waals surface area contributed by atoms with Gasteiger partial charge in [0.15, 0.2) is 0 Å². The summed E-state index contributed by atoms with van der Waals surface area (Å²) in [5.74, 6) is 0. The summed E-state index contributed by atoms with van der Waals surface area (Å²) in [5.41, 5.74) is 3.40. The van der Waals surface area contributed by atoms with Crippen molar-refractivity contribution < 1.29 is 0 Å². The molecule has 0 bridgehead atoms. The van der Waals surface area contributed by atoms with Gasteiger partial charge in [-0.05, 0) is 36.2 Å². The number of benzene rings is 2. The second-order valence-corrected chi connectivity index (χ2v) is 5.52. The summed E-state index contributed by atoms with van der Waals surface area (Å²) in [4.78, 5) is 4.39. The van der Waals surface area contributed by atoms with Crippen molar-refractivity contribution in [3.05, 3.63) is 76.9 Å². The fourth-order valence-electron chi connectivity index (χ4n) is 2.51. The minimum absolute atomic E-state index is 0.200. The molecule has 1 heterocycles. The van der Waals surface area contributed by atoms with E-state index in [4.69, 9.17) is 11.6 Å². The highest BCUT2D eigenvalue weighted by Crippen LogP contribution is 2.23. The molecule has 0 aliphatic rings. The van der Waals surface area contributed by atoms with E-state index in [1.54, 1.807) is 0 Å². The topological polar surface area (TPSA) is 24.9 Å². The van der Waals surface area contributed by atoms with Gasteiger partial charge in [-0.15, -0.1) is 0 Å². The Labute approximate surface area is 129 Å². The zero-order chi connectivity index (χ0) is 14.7. The Bertz CT molecular complexity index is 750. The van der Waals surface area contributed by atoms with E-state index in [0.29, 0.717) is 0 Å². The number of halogens is 1. The van der Waals surface area contributed by atoms with Crippen molar-refractivity contribution in [2.45, 2.75) is 19.5 Å². The maximum absolute atomic E-state index is 6.25. The van der Waals surface area contributed by atoms with Gasteiger partial charge in [0.25, 0.3) is 0 Å². The summed E-state index contributed by atoms with van der Waals surface area (Å²) in [7, 11) is 0. The zero-order valence-electron chi connectivity index (χ0n) is 11.9. The Kier molecular flexibility index (Phi) is 4.18. The van der Waals surface area contributed by atoms with E-state index in [1.165, 1.54) is 10.9 Å². The minimum atomic E-state index is 0.200. The SMILES string of the molecule is C[C@@H](NCc1ccnc2ccccc12)c1ccccc1Cl. The lowest BCUT2D eigenvalue weighted by Crippen LogP contribution is -2.18. The third kappa shape index (κ3) is 3.07. The molecule has 1 atom stereocenters. The first kappa shape index (κ1) is 14.1. The predicted molar refractivity (Wildman–Crippen MR) is 88.4 cm³/mol. The molecule has 0 aliphatic carbocycles. The fraction of sp³-hybridized carbons (Fsp3) is 0.167. The normalized spacial score (nSPS) is 12.5. The molecule has 21 heavy (non-hydrogen) atoms. The molecule has 0 spiro atoms. The van der Waals surface area contributed by atoms with Crippen LogP contribution in [0.5, 0.6) is 0 Å². The second kappa shape index (κ2) is 6.25. The van der Waals surface area contributed by atoms with Crippen LogP contribution in [0.1, 0.15) is 24.1 Å². The number of nitrogens with one attached hydrogen (secondary N) is 1. The molecule has 3 aromatic rings. The zero-order valence-corrected chi connectivity index (χ0v) is 12.6. The molecule has 0 amide bonds. The lowest BCUT2D eigenvalue weighted by molar-refractivity contribution is 0.576. The smallest absolute Gasteiger partial charge is 0.0705 e. The van der Waals surface area contributed by atoms with E-state index >= 15 is 0 Å². The second-order valence-electron chi connectivity index (χ2n) is 5.11. The lowest BCUT2D eigenvalue weighted by Gasteiger charge is -2.16. The standard InChI is InChI=1S/C18H17ClN2/c1-13(15-6-2-4-8-17(15)19)21-12-14-10-11-20-18-9-5-3-7-16(14)18/h2-11,13,21H,12H2,1H3/t13-/m1/s1. The van der Waals surface area contributed by atoms with Crippen LogP contribution in [0, 0.1) is 0 Å². The number of hydrogen-bond donors (Lipinski definition) is 1. The first-order chi connectivity index (χ1) is 10.3. The van der Waals surface area contributed by atoms with Gasteiger partial charge in [0.1, 0.15) is 0 Å². The first-order valence-electron chi connectivity index (χ1n) is 7.06. The Balaban J connectivity index is 1.79. The monoisotopic (exact) mass is 296 g/mol. The van der Waals surface area contributed by atoms with Crippen molar-refractivity contribution >= 4 is 22.5 Å².